The first-order valence-corrected chi connectivity index (χ1v) is 12.2. The van der Waals surface area contributed by atoms with Crippen molar-refractivity contribution in [3.05, 3.63) is 54.2 Å². The van der Waals surface area contributed by atoms with Crippen molar-refractivity contribution in [3.63, 3.8) is 0 Å². The summed E-state index contributed by atoms with van der Waals surface area (Å²) in [6, 6.07) is 9.08. The van der Waals surface area contributed by atoms with Crippen LogP contribution in [-0.2, 0) is 4.79 Å². The molecule has 1 fully saturated rings. The molecule has 3 heterocycles. The average molecular weight is 490 g/mol. The molecule has 0 unspecified atom stereocenters. The molecule has 1 aromatic carbocycles. The summed E-state index contributed by atoms with van der Waals surface area (Å²) in [5.41, 5.74) is 3.95. The highest BCUT2D eigenvalue weighted by Gasteiger charge is 2.24. The van der Waals surface area contributed by atoms with Crippen LogP contribution in [0.4, 0.5) is 4.39 Å². The lowest BCUT2D eigenvalue weighted by atomic mass is 9.85. The number of aromatic amines is 1. The van der Waals surface area contributed by atoms with Crippen molar-refractivity contribution < 1.29 is 19.0 Å². The minimum absolute atomic E-state index is 0.0208. The molecule has 5 rings (SSSR count). The van der Waals surface area contributed by atoms with Gasteiger partial charge in [0.25, 0.3) is 0 Å². The predicted octanol–water partition coefficient (Wildman–Crippen LogP) is 5.76. The van der Waals surface area contributed by atoms with E-state index in [9.17, 15) is 4.79 Å². The van der Waals surface area contributed by atoms with Crippen molar-refractivity contribution in [2.24, 2.45) is 5.92 Å². The Morgan fingerprint density at radius 1 is 1.08 bits per heavy atom. The molecular formula is C27H28FN5O3. The highest BCUT2D eigenvalue weighted by Crippen LogP contribution is 2.30. The number of rotatable bonds is 7. The molecule has 0 bridgehead atoms. The van der Waals surface area contributed by atoms with E-state index >= 15 is 4.39 Å². The highest BCUT2D eigenvalue weighted by molar-refractivity contribution is 5.77. The van der Waals surface area contributed by atoms with Gasteiger partial charge in [0.05, 0.1) is 11.1 Å². The maximum Gasteiger partial charge on any atom is 0.316 e. The van der Waals surface area contributed by atoms with E-state index in [2.05, 4.69) is 38.8 Å². The molecule has 8 nitrogen and oxygen atoms in total. The number of halogens is 1. The summed E-state index contributed by atoms with van der Waals surface area (Å²) < 4.78 is 21.0. The first-order valence-electron chi connectivity index (χ1n) is 12.2. The van der Waals surface area contributed by atoms with Crippen molar-refractivity contribution in [2.75, 3.05) is 0 Å². The summed E-state index contributed by atoms with van der Waals surface area (Å²) in [6.07, 6.45) is 6.63. The molecule has 0 amide bonds. The Morgan fingerprint density at radius 3 is 2.50 bits per heavy atom. The Hall–Kier alpha value is -3.88. The molecule has 9 heteroatoms. The van der Waals surface area contributed by atoms with Crippen LogP contribution in [-0.4, -0.2) is 42.1 Å². The van der Waals surface area contributed by atoms with Crippen LogP contribution in [0.1, 0.15) is 57.6 Å². The maximum absolute atomic E-state index is 15.1. The molecule has 3 aromatic heterocycles. The van der Waals surface area contributed by atoms with Gasteiger partial charge in [-0.2, -0.15) is 0 Å². The normalized spacial score (nSPS) is 18.0. The Morgan fingerprint density at radius 2 is 1.83 bits per heavy atom. The van der Waals surface area contributed by atoms with Crippen molar-refractivity contribution >= 4 is 17.1 Å². The van der Waals surface area contributed by atoms with Crippen LogP contribution in [0.15, 0.2) is 42.7 Å². The number of hydrogen-bond donors (Lipinski definition) is 2. The standard InChI is InChI=1S/C27H28FN5O3/c1-15(2)22-9-10-23-26(31-22)33-25(32-23)20-8-5-17(12-21(20)28)18-13-29-27(30-14-18)36-19-6-3-16(4-7-19)11-24(34)35/h5,8-10,12-16,19H,3-4,6-7,11H2,1-2H3,(H,34,35)(H,31,32,33). The number of H-pyrrole nitrogens is 1. The van der Waals surface area contributed by atoms with Crippen molar-refractivity contribution in [2.45, 2.75) is 58.0 Å². The zero-order valence-electron chi connectivity index (χ0n) is 20.2. The number of pyridine rings is 1. The summed E-state index contributed by atoms with van der Waals surface area (Å²) in [5, 5.41) is 8.95. The minimum Gasteiger partial charge on any atom is -0.481 e. The zero-order chi connectivity index (χ0) is 25.2. The van der Waals surface area contributed by atoms with Crippen LogP contribution in [0.3, 0.4) is 0 Å². The maximum atomic E-state index is 15.1. The number of fused-ring (bicyclic) bond motifs is 1. The van der Waals surface area contributed by atoms with Crippen LogP contribution < -0.4 is 4.74 Å². The van der Waals surface area contributed by atoms with Gasteiger partial charge < -0.3 is 14.8 Å². The second-order valence-corrected chi connectivity index (χ2v) is 9.65. The second-order valence-electron chi connectivity index (χ2n) is 9.65. The lowest BCUT2D eigenvalue weighted by molar-refractivity contribution is -0.138. The SMILES string of the molecule is CC(C)c1ccc2[nH]c(-c3ccc(-c4cnc(OC5CCC(CC(=O)O)CC5)nc4)cc3F)nc2n1. The van der Waals surface area contributed by atoms with Crippen LogP contribution >= 0.6 is 0 Å². The smallest absolute Gasteiger partial charge is 0.316 e. The van der Waals surface area contributed by atoms with Crippen molar-refractivity contribution in [1.29, 1.82) is 0 Å². The first-order chi connectivity index (χ1) is 17.4. The summed E-state index contributed by atoms with van der Waals surface area (Å²) >= 11 is 0. The first kappa shape index (κ1) is 23.8. The lowest BCUT2D eigenvalue weighted by Crippen LogP contribution is -2.25. The number of ether oxygens (including phenoxy) is 1. The summed E-state index contributed by atoms with van der Waals surface area (Å²) in [6.45, 7) is 4.13. The fourth-order valence-corrected chi connectivity index (χ4v) is 4.62. The van der Waals surface area contributed by atoms with Gasteiger partial charge in [-0.25, -0.2) is 24.3 Å². The van der Waals surface area contributed by atoms with Gasteiger partial charge in [-0.1, -0.05) is 19.9 Å². The van der Waals surface area contributed by atoms with E-state index in [4.69, 9.17) is 9.84 Å². The quantitative estimate of drug-likeness (QED) is 0.339. The largest absolute Gasteiger partial charge is 0.481 e. The van der Waals surface area contributed by atoms with E-state index in [1.165, 1.54) is 6.07 Å². The van der Waals surface area contributed by atoms with Crippen molar-refractivity contribution in [1.82, 2.24) is 24.9 Å². The van der Waals surface area contributed by atoms with E-state index in [1.807, 2.05) is 18.2 Å². The Labute approximate surface area is 208 Å². The number of carboxylic acids is 1. The van der Waals surface area contributed by atoms with Crippen LogP contribution in [0.25, 0.3) is 33.7 Å². The minimum atomic E-state index is -0.752. The molecular weight excluding hydrogens is 461 g/mol. The molecule has 0 saturated heterocycles. The molecule has 1 saturated carbocycles. The molecule has 0 spiro atoms. The van der Waals surface area contributed by atoms with Gasteiger partial charge in [0, 0.05) is 30.1 Å². The molecule has 186 valence electrons. The van der Waals surface area contributed by atoms with E-state index in [0.717, 1.165) is 36.9 Å². The van der Waals surface area contributed by atoms with Crippen LogP contribution in [0.5, 0.6) is 6.01 Å². The Balaban J connectivity index is 1.27. The van der Waals surface area contributed by atoms with Gasteiger partial charge >= 0.3 is 12.0 Å². The average Bonchev–Trinajstić information content (AvgIpc) is 3.28. The van der Waals surface area contributed by atoms with Gasteiger partial charge in [0.15, 0.2) is 5.65 Å². The van der Waals surface area contributed by atoms with E-state index in [0.29, 0.717) is 28.2 Å². The lowest BCUT2D eigenvalue weighted by Gasteiger charge is -2.27. The summed E-state index contributed by atoms with van der Waals surface area (Å²) in [7, 11) is 0. The molecule has 1 aliphatic rings. The van der Waals surface area contributed by atoms with Gasteiger partial charge in [0.1, 0.15) is 17.7 Å². The predicted molar refractivity (Wildman–Crippen MR) is 133 cm³/mol. The Bertz CT molecular complexity index is 1380. The third kappa shape index (κ3) is 5.19. The van der Waals surface area contributed by atoms with Gasteiger partial charge in [-0.3, -0.25) is 4.79 Å². The topological polar surface area (TPSA) is 114 Å². The molecule has 0 radical (unpaired) electrons. The van der Waals surface area contributed by atoms with Crippen LogP contribution in [0, 0.1) is 11.7 Å². The van der Waals surface area contributed by atoms with E-state index < -0.39 is 11.8 Å². The van der Waals surface area contributed by atoms with Gasteiger partial charge in [-0.05, 0) is 67.3 Å². The molecule has 4 aromatic rings. The number of imidazole rings is 1. The van der Waals surface area contributed by atoms with Crippen molar-refractivity contribution in [3.8, 4) is 28.5 Å². The monoisotopic (exact) mass is 489 g/mol. The summed E-state index contributed by atoms with van der Waals surface area (Å²) in [5.74, 6) is -0.243. The zero-order valence-corrected chi connectivity index (χ0v) is 20.2. The number of hydrogen-bond acceptors (Lipinski definition) is 6. The molecule has 36 heavy (non-hydrogen) atoms. The molecule has 0 aliphatic heterocycles. The number of benzene rings is 1. The fourth-order valence-electron chi connectivity index (χ4n) is 4.62. The molecule has 2 N–H and O–H groups in total. The third-order valence-electron chi connectivity index (χ3n) is 6.67. The van der Waals surface area contributed by atoms with E-state index in [1.54, 1.807) is 18.5 Å². The summed E-state index contributed by atoms with van der Waals surface area (Å²) in [4.78, 5) is 31.7. The van der Waals surface area contributed by atoms with E-state index in [-0.39, 0.29) is 30.4 Å². The van der Waals surface area contributed by atoms with Gasteiger partial charge in [-0.15, -0.1) is 0 Å². The number of carboxylic acid groups (broad SMARTS) is 1. The number of aromatic nitrogens is 5. The number of carbonyl (C=O) groups is 1. The van der Waals surface area contributed by atoms with Crippen LogP contribution in [0.2, 0.25) is 0 Å². The molecule has 1 aliphatic carbocycles. The highest BCUT2D eigenvalue weighted by atomic mass is 19.1. The van der Waals surface area contributed by atoms with Gasteiger partial charge in [0.2, 0.25) is 0 Å². The second kappa shape index (κ2) is 10.0. The Kier molecular flexibility index (Phi) is 6.63. The third-order valence-corrected chi connectivity index (χ3v) is 6.67. The number of aliphatic carboxylic acids is 1. The molecule has 0 atom stereocenters. The fraction of sp³-hybridized carbons (Fsp3) is 0.370. The number of nitrogens with zero attached hydrogens (tertiary/aromatic N) is 4. The number of nitrogens with one attached hydrogen (secondary N) is 1.